The van der Waals surface area contributed by atoms with E-state index in [-0.39, 0.29) is 5.92 Å². The third kappa shape index (κ3) is 4.05. The van der Waals surface area contributed by atoms with Crippen molar-refractivity contribution in [2.45, 2.75) is 57.7 Å². The smallest absolute Gasteiger partial charge is 0.181 e. The maximum Gasteiger partial charge on any atom is 0.181 e. The number of rotatable bonds is 5. The molecule has 0 saturated heterocycles. The molecule has 2 N–H and O–H groups in total. The molecule has 166 valence electrons. The van der Waals surface area contributed by atoms with E-state index in [0.29, 0.717) is 22.5 Å². The molecule has 4 rings (SSSR count). The van der Waals surface area contributed by atoms with Gasteiger partial charge in [-0.2, -0.15) is 5.26 Å². The number of aryl methyl sites for hydroxylation is 1. The van der Waals surface area contributed by atoms with Gasteiger partial charge in [-0.3, -0.25) is 4.99 Å². The lowest BCUT2D eigenvalue weighted by atomic mass is 9.74. The Morgan fingerprint density at radius 1 is 1.12 bits per heavy atom. The van der Waals surface area contributed by atoms with Crippen molar-refractivity contribution >= 4 is 23.1 Å². The average Bonchev–Trinajstić information content (AvgIpc) is 3.13. The summed E-state index contributed by atoms with van der Waals surface area (Å²) in [6.07, 6.45) is 5.11. The first-order chi connectivity index (χ1) is 15.4. The molecule has 5 nitrogen and oxygen atoms in total. The maximum absolute atomic E-state index is 9.39. The summed E-state index contributed by atoms with van der Waals surface area (Å²) in [6, 6.07) is 14.0. The van der Waals surface area contributed by atoms with Crippen LogP contribution in [0.1, 0.15) is 56.2 Å². The van der Waals surface area contributed by atoms with Gasteiger partial charge in [-0.05, 0) is 80.0 Å². The van der Waals surface area contributed by atoms with E-state index in [1.807, 2.05) is 19.1 Å². The fourth-order valence-electron chi connectivity index (χ4n) is 5.05. The molecule has 1 saturated carbocycles. The van der Waals surface area contributed by atoms with Gasteiger partial charge in [-0.15, -0.1) is 0 Å². The standard InChI is InChI=1S/C26H29ClN4O/c1-4-18-5-6-19(20-11-17(15-28)12-22(27)13-20)14-24(18)26(30-16(2)25(29)31-26)21-7-9-23(32-3)10-8-21/h5-6,11-14,21,23H,4,7-10H2,1-3H3,(H2,29,31). The van der Waals surface area contributed by atoms with Gasteiger partial charge in [-0.1, -0.05) is 30.7 Å². The van der Waals surface area contributed by atoms with Crippen LogP contribution in [-0.2, 0) is 16.8 Å². The fourth-order valence-corrected chi connectivity index (χ4v) is 5.29. The number of halogens is 1. The summed E-state index contributed by atoms with van der Waals surface area (Å²) in [5, 5.41) is 9.93. The number of nitriles is 1. The Morgan fingerprint density at radius 3 is 2.47 bits per heavy atom. The minimum Gasteiger partial charge on any atom is -0.382 e. The molecule has 1 unspecified atom stereocenters. The Morgan fingerprint density at radius 2 is 1.88 bits per heavy atom. The zero-order valence-electron chi connectivity index (χ0n) is 18.9. The second-order valence-electron chi connectivity index (χ2n) is 8.70. The molecule has 1 heterocycles. The lowest BCUT2D eigenvalue weighted by molar-refractivity contribution is 0.0425. The molecule has 1 atom stereocenters. The SMILES string of the molecule is CCc1ccc(-c2cc(Cl)cc(C#N)c2)cc1C1(C2CCC(OC)CC2)N=C(C)C(N)=N1. The molecule has 0 aromatic heterocycles. The third-order valence-corrected chi connectivity index (χ3v) is 7.04. The summed E-state index contributed by atoms with van der Waals surface area (Å²) < 4.78 is 5.60. The highest BCUT2D eigenvalue weighted by molar-refractivity contribution is 6.41. The van der Waals surface area contributed by atoms with E-state index in [4.69, 9.17) is 32.1 Å². The molecule has 0 bridgehead atoms. The van der Waals surface area contributed by atoms with Crippen LogP contribution in [0.3, 0.4) is 0 Å². The van der Waals surface area contributed by atoms with E-state index in [9.17, 15) is 5.26 Å². The van der Waals surface area contributed by atoms with Gasteiger partial charge < -0.3 is 10.5 Å². The van der Waals surface area contributed by atoms with Crippen molar-refractivity contribution in [2.24, 2.45) is 21.6 Å². The summed E-state index contributed by atoms with van der Waals surface area (Å²) in [6.45, 7) is 4.09. The quantitative estimate of drug-likeness (QED) is 0.643. The van der Waals surface area contributed by atoms with E-state index in [1.165, 1.54) is 5.56 Å². The monoisotopic (exact) mass is 448 g/mol. The van der Waals surface area contributed by atoms with Crippen LogP contribution in [0.25, 0.3) is 11.1 Å². The van der Waals surface area contributed by atoms with Crippen molar-refractivity contribution in [3.8, 4) is 17.2 Å². The summed E-state index contributed by atoms with van der Waals surface area (Å²) in [4.78, 5) is 10.1. The molecule has 2 aromatic carbocycles. The number of nitrogens with two attached hydrogens (primary N) is 1. The fraction of sp³-hybridized carbons (Fsp3) is 0.423. The van der Waals surface area contributed by atoms with Gasteiger partial charge in [0.15, 0.2) is 5.66 Å². The van der Waals surface area contributed by atoms with Crippen LogP contribution in [0.2, 0.25) is 5.02 Å². The first kappa shape index (κ1) is 22.5. The second kappa shape index (κ2) is 9.05. The van der Waals surface area contributed by atoms with E-state index >= 15 is 0 Å². The van der Waals surface area contributed by atoms with Crippen LogP contribution < -0.4 is 5.73 Å². The summed E-state index contributed by atoms with van der Waals surface area (Å²) in [7, 11) is 1.79. The second-order valence-corrected chi connectivity index (χ2v) is 9.13. The van der Waals surface area contributed by atoms with Crippen LogP contribution in [0, 0.1) is 17.2 Å². The number of ether oxygens (including phenoxy) is 1. The molecule has 2 aromatic rings. The zero-order chi connectivity index (χ0) is 22.9. The van der Waals surface area contributed by atoms with E-state index in [1.54, 1.807) is 13.2 Å². The molecular formula is C26H29ClN4O. The lowest BCUT2D eigenvalue weighted by Gasteiger charge is -2.38. The van der Waals surface area contributed by atoms with Gasteiger partial charge in [0.1, 0.15) is 5.84 Å². The Kier molecular flexibility index (Phi) is 6.37. The molecule has 1 aliphatic carbocycles. The van der Waals surface area contributed by atoms with Crippen molar-refractivity contribution in [2.75, 3.05) is 7.11 Å². The average molecular weight is 449 g/mol. The Balaban J connectivity index is 1.86. The van der Waals surface area contributed by atoms with Gasteiger partial charge in [0.05, 0.1) is 23.4 Å². The molecule has 32 heavy (non-hydrogen) atoms. The first-order valence-electron chi connectivity index (χ1n) is 11.2. The van der Waals surface area contributed by atoms with Crippen LogP contribution in [-0.4, -0.2) is 24.8 Å². The van der Waals surface area contributed by atoms with Crippen molar-refractivity contribution in [1.82, 2.24) is 0 Å². The molecule has 0 radical (unpaired) electrons. The minimum atomic E-state index is -0.717. The van der Waals surface area contributed by atoms with Crippen LogP contribution in [0.5, 0.6) is 0 Å². The van der Waals surface area contributed by atoms with Crippen molar-refractivity contribution in [3.05, 3.63) is 58.1 Å². The largest absolute Gasteiger partial charge is 0.382 e. The Bertz CT molecular complexity index is 1110. The maximum atomic E-state index is 9.39. The summed E-state index contributed by atoms with van der Waals surface area (Å²) >= 11 is 6.30. The van der Waals surface area contributed by atoms with Crippen LogP contribution >= 0.6 is 11.6 Å². The minimum absolute atomic E-state index is 0.250. The summed E-state index contributed by atoms with van der Waals surface area (Å²) in [5.41, 5.74) is 11.1. The van der Waals surface area contributed by atoms with Gasteiger partial charge in [0.2, 0.25) is 0 Å². The molecule has 1 fully saturated rings. The number of aliphatic imine (C=N–C) groups is 2. The molecule has 1 aliphatic heterocycles. The third-order valence-electron chi connectivity index (χ3n) is 6.82. The predicted molar refractivity (Wildman–Crippen MR) is 130 cm³/mol. The first-order valence-corrected chi connectivity index (χ1v) is 11.6. The molecular weight excluding hydrogens is 420 g/mol. The van der Waals surface area contributed by atoms with Crippen molar-refractivity contribution < 1.29 is 4.74 Å². The van der Waals surface area contributed by atoms with Crippen LogP contribution in [0.15, 0.2) is 46.4 Å². The molecule has 0 amide bonds. The highest BCUT2D eigenvalue weighted by Gasteiger charge is 2.46. The highest BCUT2D eigenvalue weighted by atomic mass is 35.5. The van der Waals surface area contributed by atoms with E-state index in [2.05, 4.69) is 31.2 Å². The highest BCUT2D eigenvalue weighted by Crippen LogP contribution is 2.48. The Labute approximate surface area is 195 Å². The molecule has 6 heteroatoms. The number of nitrogens with zero attached hydrogens (tertiary/aromatic N) is 3. The topological polar surface area (TPSA) is 83.8 Å². The molecule has 0 spiro atoms. The Hall–Kier alpha value is -2.68. The number of hydrogen-bond donors (Lipinski definition) is 1. The van der Waals surface area contributed by atoms with Gasteiger partial charge in [0.25, 0.3) is 0 Å². The number of benzene rings is 2. The summed E-state index contributed by atoms with van der Waals surface area (Å²) in [5.74, 6) is 0.764. The normalized spacial score (nSPS) is 25.2. The van der Waals surface area contributed by atoms with Crippen molar-refractivity contribution in [1.29, 1.82) is 5.26 Å². The zero-order valence-corrected chi connectivity index (χ0v) is 19.6. The van der Waals surface area contributed by atoms with E-state index in [0.717, 1.165) is 54.5 Å². The van der Waals surface area contributed by atoms with Crippen LogP contribution in [0.4, 0.5) is 0 Å². The number of hydrogen-bond acceptors (Lipinski definition) is 5. The predicted octanol–water partition coefficient (Wildman–Crippen LogP) is 5.63. The van der Waals surface area contributed by atoms with Gasteiger partial charge in [-0.25, -0.2) is 4.99 Å². The van der Waals surface area contributed by atoms with Gasteiger partial charge >= 0.3 is 0 Å². The van der Waals surface area contributed by atoms with Gasteiger partial charge in [0, 0.05) is 23.6 Å². The number of amidine groups is 1. The molecule has 2 aliphatic rings. The van der Waals surface area contributed by atoms with E-state index < -0.39 is 5.66 Å². The number of methoxy groups -OCH3 is 1. The lowest BCUT2D eigenvalue weighted by Crippen LogP contribution is -2.36. The van der Waals surface area contributed by atoms with Crippen molar-refractivity contribution in [3.63, 3.8) is 0 Å².